The molecule has 0 radical (unpaired) electrons. The molecule has 0 bridgehead atoms. The maximum atomic E-state index is 11.0. The molecule has 0 aliphatic heterocycles. The van der Waals surface area contributed by atoms with Crippen molar-refractivity contribution >= 4 is 46.3 Å². The molecule has 0 heterocycles. The van der Waals surface area contributed by atoms with Crippen LogP contribution in [0.1, 0.15) is 5.56 Å². The molecule has 2 aromatic rings. The van der Waals surface area contributed by atoms with Crippen molar-refractivity contribution in [2.24, 2.45) is 0 Å². The Hall–Kier alpha value is -1.43. The van der Waals surface area contributed by atoms with Crippen LogP contribution in [0.3, 0.4) is 0 Å². The Morgan fingerprint density at radius 1 is 1.15 bits per heavy atom. The molecular weight excluding hydrogens is 319 g/mol. The summed E-state index contributed by atoms with van der Waals surface area (Å²) in [6.45, 7) is 0. The molecule has 104 valence electrons. The van der Waals surface area contributed by atoms with Crippen LogP contribution in [-0.4, -0.2) is 4.92 Å². The van der Waals surface area contributed by atoms with E-state index in [1.54, 1.807) is 24.3 Å². The third kappa shape index (κ3) is 3.56. The number of rotatable bonds is 4. The van der Waals surface area contributed by atoms with Crippen molar-refractivity contribution in [3.8, 4) is 0 Å². The second-order valence-electron chi connectivity index (χ2n) is 4.00. The summed E-state index contributed by atoms with van der Waals surface area (Å²) in [5.74, 6) is 0.390. The van der Waals surface area contributed by atoms with Crippen molar-refractivity contribution < 1.29 is 4.92 Å². The average molecular weight is 329 g/mol. The van der Waals surface area contributed by atoms with Gasteiger partial charge >= 0.3 is 0 Å². The average Bonchev–Trinajstić information content (AvgIpc) is 2.39. The monoisotopic (exact) mass is 328 g/mol. The number of nitrogen functional groups attached to an aromatic ring is 1. The molecule has 0 saturated heterocycles. The van der Waals surface area contributed by atoms with E-state index in [2.05, 4.69) is 0 Å². The lowest BCUT2D eigenvalue weighted by Crippen LogP contribution is -1.95. The van der Waals surface area contributed by atoms with E-state index in [4.69, 9.17) is 28.9 Å². The van der Waals surface area contributed by atoms with Crippen molar-refractivity contribution in [2.45, 2.75) is 10.6 Å². The summed E-state index contributed by atoms with van der Waals surface area (Å²) in [7, 11) is 0. The number of nitro benzene ring substituents is 1. The number of anilines is 1. The number of hydrogen-bond donors (Lipinski definition) is 1. The van der Waals surface area contributed by atoms with E-state index in [0.29, 0.717) is 27.0 Å². The van der Waals surface area contributed by atoms with Crippen molar-refractivity contribution in [2.75, 3.05) is 5.73 Å². The Bertz CT molecular complexity index is 665. The molecule has 0 aliphatic rings. The first-order valence-electron chi connectivity index (χ1n) is 5.58. The van der Waals surface area contributed by atoms with Gasteiger partial charge in [0.1, 0.15) is 0 Å². The molecule has 2 aromatic carbocycles. The van der Waals surface area contributed by atoms with E-state index in [0.717, 1.165) is 4.90 Å². The van der Waals surface area contributed by atoms with Gasteiger partial charge in [-0.15, -0.1) is 11.8 Å². The number of thioether (sulfide) groups is 1. The second kappa shape index (κ2) is 6.35. The summed E-state index contributed by atoms with van der Waals surface area (Å²) in [5.41, 5.74) is 7.02. The highest BCUT2D eigenvalue weighted by atomic mass is 35.5. The predicted octanol–water partition coefficient (Wildman–Crippen LogP) is 4.78. The zero-order valence-corrected chi connectivity index (χ0v) is 12.5. The van der Waals surface area contributed by atoms with Gasteiger partial charge in [-0.1, -0.05) is 23.2 Å². The van der Waals surface area contributed by atoms with Gasteiger partial charge in [-0.2, -0.15) is 0 Å². The van der Waals surface area contributed by atoms with Crippen LogP contribution < -0.4 is 5.73 Å². The van der Waals surface area contributed by atoms with Crippen LogP contribution in [0.2, 0.25) is 10.0 Å². The zero-order chi connectivity index (χ0) is 14.7. The summed E-state index contributed by atoms with van der Waals surface area (Å²) in [6, 6.07) is 9.63. The Balaban J connectivity index is 2.24. The summed E-state index contributed by atoms with van der Waals surface area (Å²) < 4.78 is 0. The van der Waals surface area contributed by atoms with Crippen molar-refractivity contribution in [1.82, 2.24) is 0 Å². The fourth-order valence-corrected chi connectivity index (χ4v) is 3.06. The second-order valence-corrected chi connectivity index (χ2v) is 5.89. The molecular formula is C13H10Cl2N2O2S. The van der Waals surface area contributed by atoms with E-state index in [1.165, 1.54) is 23.9 Å². The number of hydrogen-bond acceptors (Lipinski definition) is 4. The van der Waals surface area contributed by atoms with Gasteiger partial charge in [0.05, 0.1) is 4.92 Å². The van der Waals surface area contributed by atoms with Crippen LogP contribution in [0.25, 0.3) is 0 Å². The number of halogens is 2. The summed E-state index contributed by atoms with van der Waals surface area (Å²) in [6.07, 6.45) is 0. The van der Waals surface area contributed by atoms with Gasteiger partial charge in [0.25, 0.3) is 5.69 Å². The van der Waals surface area contributed by atoms with Crippen LogP contribution in [0, 0.1) is 10.1 Å². The molecule has 0 unspecified atom stereocenters. The molecule has 0 aliphatic carbocycles. The van der Waals surface area contributed by atoms with Gasteiger partial charge in [-0.25, -0.2) is 0 Å². The number of nitro groups is 1. The normalized spacial score (nSPS) is 10.5. The lowest BCUT2D eigenvalue weighted by atomic mass is 10.2. The smallest absolute Gasteiger partial charge is 0.273 e. The van der Waals surface area contributed by atoms with E-state index < -0.39 is 4.92 Å². The van der Waals surface area contributed by atoms with Gasteiger partial charge in [0.15, 0.2) is 0 Å². The van der Waals surface area contributed by atoms with Gasteiger partial charge in [-0.05, 0) is 30.3 Å². The van der Waals surface area contributed by atoms with Gasteiger partial charge < -0.3 is 5.73 Å². The molecule has 0 atom stereocenters. The van der Waals surface area contributed by atoms with Crippen molar-refractivity contribution in [3.05, 3.63) is 62.1 Å². The Kier molecular flexibility index (Phi) is 4.75. The van der Waals surface area contributed by atoms with Gasteiger partial charge in [0, 0.05) is 38.0 Å². The summed E-state index contributed by atoms with van der Waals surface area (Å²) in [4.78, 5) is 11.3. The van der Waals surface area contributed by atoms with E-state index >= 15 is 0 Å². The van der Waals surface area contributed by atoms with E-state index in [1.807, 2.05) is 0 Å². The summed E-state index contributed by atoms with van der Waals surface area (Å²) >= 11 is 13.2. The lowest BCUT2D eigenvalue weighted by molar-refractivity contribution is -0.385. The minimum atomic E-state index is -0.423. The molecule has 4 nitrogen and oxygen atoms in total. The first-order chi connectivity index (χ1) is 9.47. The Morgan fingerprint density at radius 3 is 2.50 bits per heavy atom. The van der Waals surface area contributed by atoms with Crippen LogP contribution in [0.5, 0.6) is 0 Å². The van der Waals surface area contributed by atoms with Crippen LogP contribution in [0.4, 0.5) is 11.4 Å². The largest absolute Gasteiger partial charge is 0.398 e. The molecule has 0 saturated carbocycles. The Labute approximate surface area is 130 Å². The van der Waals surface area contributed by atoms with E-state index in [-0.39, 0.29) is 5.69 Å². The third-order valence-corrected chi connectivity index (χ3v) is 4.19. The van der Waals surface area contributed by atoms with E-state index in [9.17, 15) is 10.1 Å². The topological polar surface area (TPSA) is 69.2 Å². The molecule has 0 spiro atoms. The number of benzene rings is 2. The molecule has 0 amide bonds. The van der Waals surface area contributed by atoms with Gasteiger partial charge in [0.2, 0.25) is 0 Å². The molecule has 0 fully saturated rings. The SMILES string of the molecule is Nc1ccc(Cl)cc1SCc1cc(Cl)ccc1[N+](=O)[O-]. The van der Waals surface area contributed by atoms with Crippen molar-refractivity contribution in [1.29, 1.82) is 0 Å². The lowest BCUT2D eigenvalue weighted by Gasteiger charge is -2.07. The highest BCUT2D eigenvalue weighted by Gasteiger charge is 2.14. The fourth-order valence-electron chi connectivity index (χ4n) is 1.64. The van der Waals surface area contributed by atoms with Crippen molar-refractivity contribution in [3.63, 3.8) is 0 Å². The highest BCUT2D eigenvalue weighted by molar-refractivity contribution is 7.98. The number of nitrogens with zero attached hydrogens (tertiary/aromatic N) is 1. The molecule has 0 aromatic heterocycles. The Morgan fingerprint density at radius 2 is 1.80 bits per heavy atom. The first kappa shape index (κ1) is 15.0. The molecule has 20 heavy (non-hydrogen) atoms. The zero-order valence-electron chi connectivity index (χ0n) is 10.2. The van der Waals surface area contributed by atoms with Crippen LogP contribution >= 0.6 is 35.0 Å². The molecule has 7 heteroatoms. The third-order valence-electron chi connectivity index (χ3n) is 2.60. The standard InChI is InChI=1S/C13H10Cl2N2O2S/c14-9-2-4-12(17(18)19)8(5-9)7-20-13-6-10(15)1-3-11(13)16/h1-6H,7,16H2. The first-order valence-corrected chi connectivity index (χ1v) is 7.32. The van der Waals surface area contributed by atoms with Gasteiger partial charge in [-0.3, -0.25) is 10.1 Å². The highest BCUT2D eigenvalue weighted by Crippen LogP contribution is 2.33. The maximum absolute atomic E-state index is 11.0. The van der Waals surface area contributed by atoms with Crippen LogP contribution in [-0.2, 0) is 5.75 Å². The predicted molar refractivity (Wildman–Crippen MR) is 83.5 cm³/mol. The summed E-state index contributed by atoms with van der Waals surface area (Å²) in [5, 5.41) is 12.0. The molecule has 2 rings (SSSR count). The minimum absolute atomic E-state index is 0.0440. The van der Waals surface area contributed by atoms with Crippen LogP contribution in [0.15, 0.2) is 41.3 Å². The number of nitrogens with two attached hydrogens (primary N) is 1. The maximum Gasteiger partial charge on any atom is 0.273 e. The molecule has 2 N–H and O–H groups in total. The quantitative estimate of drug-likeness (QED) is 0.379. The minimum Gasteiger partial charge on any atom is -0.398 e. The fraction of sp³-hybridized carbons (Fsp3) is 0.0769.